The van der Waals surface area contributed by atoms with Gasteiger partial charge in [-0.15, -0.1) is 11.6 Å². The lowest BCUT2D eigenvalue weighted by atomic mass is 10.2. The zero-order valence-corrected chi connectivity index (χ0v) is 10.5. The Morgan fingerprint density at radius 2 is 1.94 bits per heavy atom. The normalized spacial score (nSPS) is 10.5. The van der Waals surface area contributed by atoms with Crippen molar-refractivity contribution in [3.8, 4) is 5.69 Å². The van der Waals surface area contributed by atoms with Crippen LogP contribution in [0.5, 0.6) is 0 Å². The monoisotopic (exact) mass is 248 g/mol. The maximum atomic E-state index is 11.5. The SMILES string of the molecule is Cc1ccc(C)n1-c1ccnc(C(=O)CCl)c1. The van der Waals surface area contributed by atoms with Crippen LogP contribution in [-0.2, 0) is 0 Å². The van der Waals surface area contributed by atoms with Gasteiger partial charge in [0.25, 0.3) is 0 Å². The minimum Gasteiger partial charge on any atom is -0.318 e. The summed E-state index contributed by atoms with van der Waals surface area (Å²) in [6.07, 6.45) is 1.63. The summed E-state index contributed by atoms with van der Waals surface area (Å²) in [6.45, 7) is 4.05. The first kappa shape index (κ1) is 11.9. The molecule has 2 aromatic rings. The number of alkyl halides is 1. The van der Waals surface area contributed by atoms with E-state index in [-0.39, 0.29) is 11.7 Å². The molecule has 0 N–H and O–H groups in total. The van der Waals surface area contributed by atoms with Crippen molar-refractivity contribution in [2.45, 2.75) is 13.8 Å². The van der Waals surface area contributed by atoms with Crippen LogP contribution in [-0.4, -0.2) is 21.2 Å². The Balaban J connectivity index is 2.50. The molecule has 2 heterocycles. The van der Waals surface area contributed by atoms with Crippen LogP contribution in [0.1, 0.15) is 21.9 Å². The number of halogens is 1. The number of rotatable bonds is 3. The molecule has 0 aliphatic heterocycles. The zero-order chi connectivity index (χ0) is 12.4. The second-order valence-corrected chi connectivity index (χ2v) is 4.17. The second-order valence-electron chi connectivity index (χ2n) is 3.91. The van der Waals surface area contributed by atoms with Crippen molar-refractivity contribution in [1.29, 1.82) is 0 Å². The highest BCUT2D eigenvalue weighted by molar-refractivity contribution is 6.30. The minimum atomic E-state index is -0.157. The molecule has 0 unspecified atom stereocenters. The fourth-order valence-corrected chi connectivity index (χ4v) is 1.99. The first-order valence-corrected chi connectivity index (χ1v) is 5.87. The van der Waals surface area contributed by atoms with Gasteiger partial charge in [-0.3, -0.25) is 9.78 Å². The fourth-order valence-electron chi connectivity index (χ4n) is 1.86. The van der Waals surface area contributed by atoms with Crippen molar-refractivity contribution in [3.05, 3.63) is 47.5 Å². The highest BCUT2D eigenvalue weighted by Gasteiger charge is 2.09. The van der Waals surface area contributed by atoms with Crippen LogP contribution in [0.25, 0.3) is 5.69 Å². The summed E-state index contributed by atoms with van der Waals surface area (Å²) in [4.78, 5) is 15.5. The number of pyridine rings is 1. The summed E-state index contributed by atoms with van der Waals surface area (Å²) < 4.78 is 2.08. The van der Waals surface area contributed by atoms with Gasteiger partial charge in [-0.1, -0.05) is 0 Å². The molecule has 3 nitrogen and oxygen atoms in total. The summed E-state index contributed by atoms with van der Waals surface area (Å²) in [5.41, 5.74) is 3.59. The van der Waals surface area contributed by atoms with E-state index in [1.54, 1.807) is 12.3 Å². The van der Waals surface area contributed by atoms with Gasteiger partial charge < -0.3 is 4.57 Å². The van der Waals surface area contributed by atoms with Crippen LogP contribution >= 0.6 is 11.6 Å². The maximum absolute atomic E-state index is 11.5. The Hall–Kier alpha value is -1.61. The molecule has 0 aliphatic carbocycles. The molecule has 0 amide bonds. The molecule has 2 rings (SSSR count). The maximum Gasteiger partial charge on any atom is 0.195 e. The fraction of sp³-hybridized carbons (Fsp3) is 0.231. The molecular formula is C13H13ClN2O. The lowest BCUT2D eigenvalue weighted by molar-refractivity contribution is 0.101. The van der Waals surface area contributed by atoms with E-state index < -0.39 is 0 Å². The molecule has 0 spiro atoms. The molecule has 2 aromatic heterocycles. The molecule has 0 aliphatic rings. The van der Waals surface area contributed by atoms with E-state index in [0.717, 1.165) is 17.1 Å². The molecule has 17 heavy (non-hydrogen) atoms. The predicted molar refractivity (Wildman–Crippen MR) is 68.1 cm³/mol. The number of Topliss-reactive ketones (excluding diaryl/α,β-unsaturated/α-hetero) is 1. The molecule has 4 heteroatoms. The summed E-state index contributed by atoms with van der Waals surface area (Å²) in [5.74, 6) is -0.198. The van der Waals surface area contributed by atoms with Crippen LogP contribution in [0.3, 0.4) is 0 Å². The Bertz CT molecular complexity index is 541. The van der Waals surface area contributed by atoms with Gasteiger partial charge in [-0.25, -0.2) is 0 Å². The average Bonchev–Trinajstić information content (AvgIpc) is 2.68. The molecule has 0 saturated heterocycles. The summed E-state index contributed by atoms with van der Waals surface area (Å²) in [5, 5.41) is 0. The first-order chi connectivity index (χ1) is 8.13. The number of aryl methyl sites for hydroxylation is 2. The molecule has 0 fully saturated rings. The standard InChI is InChI=1S/C13H13ClN2O/c1-9-3-4-10(2)16(9)11-5-6-15-12(7-11)13(17)8-14/h3-7H,8H2,1-2H3. The van der Waals surface area contributed by atoms with Crippen molar-refractivity contribution in [2.24, 2.45) is 0 Å². The van der Waals surface area contributed by atoms with Crippen LogP contribution in [0.2, 0.25) is 0 Å². The van der Waals surface area contributed by atoms with E-state index in [9.17, 15) is 4.79 Å². The van der Waals surface area contributed by atoms with Gasteiger partial charge in [0.15, 0.2) is 5.78 Å². The van der Waals surface area contributed by atoms with Gasteiger partial charge in [0, 0.05) is 23.3 Å². The van der Waals surface area contributed by atoms with Crippen molar-refractivity contribution in [3.63, 3.8) is 0 Å². The van der Waals surface area contributed by atoms with E-state index in [2.05, 4.69) is 9.55 Å². The van der Waals surface area contributed by atoms with Gasteiger partial charge in [-0.05, 0) is 38.1 Å². The predicted octanol–water partition coefficient (Wildman–Crippen LogP) is 2.91. The lowest BCUT2D eigenvalue weighted by Crippen LogP contribution is -2.06. The minimum absolute atomic E-state index is 0.0416. The number of ketones is 1. The number of hydrogen-bond donors (Lipinski definition) is 0. The van der Waals surface area contributed by atoms with Crippen molar-refractivity contribution in [1.82, 2.24) is 9.55 Å². The number of aromatic nitrogens is 2. The van der Waals surface area contributed by atoms with Crippen molar-refractivity contribution in [2.75, 3.05) is 5.88 Å². The third-order valence-corrected chi connectivity index (χ3v) is 2.92. The summed E-state index contributed by atoms with van der Waals surface area (Å²) >= 11 is 5.53. The molecule has 0 saturated carbocycles. The third-order valence-electron chi connectivity index (χ3n) is 2.68. The third kappa shape index (κ3) is 2.24. The Kier molecular flexibility index (Phi) is 3.29. The molecule has 0 radical (unpaired) electrons. The smallest absolute Gasteiger partial charge is 0.195 e. The summed E-state index contributed by atoms with van der Waals surface area (Å²) in [7, 11) is 0. The van der Waals surface area contributed by atoms with Crippen LogP contribution < -0.4 is 0 Å². The van der Waals surface area contributed by atoms with Gasteiger partial charge >= 0.3 is 0 Å². The van der Waals surface area contributed by atoms with Gasteiger partial charge in [-0.2, -0.15) is 0 Å². The topological polar surface area (TPSA) is 34.9 Å². The first-order valence-electron chi connectivity index (χ1n) is 5.34. The van der Waals surface area contributed by atoms with Gasteiger partial charge in [0.2, 0.25) is 0 Å². The van der Waals surface area contributed by atoms with Crippen LogP contribution in [0.4, 0.5) is 0 Å². The van der Waals surface area contributed by atoms with Gasteiger partial charge in [0.05, 0.1) is 5.88 Å². The van der Waals surface area contributed by atoms with E-state index in [1.807, 2.05) is 32.0 Å². The summed E-state index contributed by atoms with van der Waals surface area (Å²) in [6, 6.07) is 7.73. The number of nitrogens with zero attached hydrogens (tertiary/aromatic N) is 2. The van der Waals surface area contributed by atoms with E-state index in [0.29, 0.717) is 5.69 Å². The van der Waals surface area contributed by atoms with E-state index in [4.69, 9.17) is 11.6 Å². The lowest BCUT2D eigenvalue weighted by Gasteiger charge is -2.09. The molecule has 88 valence electrons. The Morgan fingerprint density at radius 1 is 1.29 bits per heavy atom. The van der Waals surface area contributed by atoms with E-state index in [1.165, 1.54) is 0 Å². The van der Waals surface area contributed by atoms with Crippen LogP contribution in [0, 0.1) is 13.8 Å². The Labute approximate surface area is 105 Å². The number of hydrogen-bond acceptors (Lipinski definition) is 2. The van der Waals surface area contributed by atoms with E-state index >= 15 is 0 Å². The number of carbonyl (C=O) groups is 1. The molecule has 0 atom stereocenters. The van der Waals surface area contributed by atoms with Gasteiger partial charge in [0.1, 0.15) is 5.69 Å². The zero-order valence-electron chi connectivity index (χ0n) is 9.77. The second kappa shape index (κ2) is 4.72. The quantitative estimate of drug-likeness (QED) is 0.618. The molecular weight excluding hydrogens is 236 g/mol. The molecule has 0 bridgehead atoms. The largest absolute Gasteiger partial charge is 0.318 e. The van der Waals surface area contributed by atoms with Crippen molar-refractivity contribution >= 4 is 17.4 Å². The van der Waals surface area contributed by atoms with Crippen LogP contribution in [0.15, 0.2) is 30.5 Å². The molecule has 0 aromatic carbocycles. The highest BCUT2D eigenvalue weighted by Crippen LogP contribution is 2.16. The van der Waals surface area contributed by atoms with Crippen molar-refractivity contribution < 1.29 is 4.79 Å². The average molecular weight is 249 g/mol. The highest BCUT2D eigenvalue weighted by atomic mass is 35.5. The number of carbonyl (C=O) groups excluding carboxylic acids is 1. The Morgan fingerprint density at radius 3 is 2.53 bits per heavy atom.